The molecule has 124 valence electrons. The van der Waals surface area contributed by atoms with Crippen LogP contribution in [0.2, 0.25) is 0 Å². The summed E-state index contributed by atoms with van der Waals surface area (Å²) in [5.74, 6) is 2.37. The van der Waals surface area contributed by atoms with E-state index in [0.29, 0.717) is 19.0 Å². The van der Waals surface area contributed by atoms with Gasteiger partial charge in [0.1, 0.15) is 5.76 Å². The monoisotopic (exact) mass is 316 g/mol. The molecule has 0 saturated carbocycles. The highest BCUT2D eigenvalue weighted by atomic mass is 16.5. The molecule has 0 radical (unpaired) electrons. The first-order valence-electron chi connectivity index (χ1n) is 7.94. The van der Waals surface area contributed by atoms with E-state index in [1.807, 2.05) is 38.1 Å². The Morgan fingerprint density at radius 3 is 2.91 bits per heavy atom. The van der Waals surface area contributed by atoms with Crippen LogP contribution in [0.3, 0.4) is 0 Å². The maximum atomic E-state index is 5.53. The summed E-state index contributed by atoms with van der Waals surface area (Å²) in [6.45, 7) is 6.65. The predicted octanol–water partition coefficient (Wildman–Crippen LogP) is 2.37. The number of hydrogen-bond donors (Lipinski definition) is 2. The van der Waals surface area contributed by atoms with Crippen molar-refractivity contribution in [3.05, 3.63) is 48.0 Å². The fourth-order valence-corrected chi connectivity index (χ4v) is 2.08. The zero-order valence-corrected chi connectivity index (χ0v) is 13.7. The van der Waals surface area contributed by atoms with Gasteiger partial charge >= 0.3 is 0 Å². The van der Waals surface area contributed by atoms with Crippen molar-refractivity contribution in [2.24, 2.45) is 4.99 Å². The number of nitrogens with one attached hydrogen (secondary N) is 2. The van der Waals surface area contributed by atoms with Gasteiger partial charge in [-0.1, -0.05) is 6.07 Å². The molecule has 0 bridgehead atoms. The summed E-state index contributed by atoms with van der Waals surface area (Å²) < 4.78 is 10.8. The number of furan rings is 1. The molecule has 0 amide bonds. The molecule has 2 aromatic rings. The Morgan fingerprint density at radius 1 is 1.26 bits per heavy atom. The van der Waals surface area contributed by atoms with E-state index in [9.17, 15) is 0 Å². The van der Waals surface area contributed by atoms with E-state index in [1.165, 1.54) is 0 Å². The molecule has 2 rings (SSSR count). The van der Waals surface area contributed by atoms with Crippen LogP contribution >= 0.6 is 0 Å². The molecule has 2 N–H and O–H groups in total. The van der Waals surface area contributed by atoms with Gasteiger partial charge in [0, 0.05) is 31.3 Å². The minimum absolute atomic E-state index is 0.513. The maximum absolute atomic E-state index is 5.53. The Kier molecular flexibility index (Phi) is 6.97. The molecule has 0 fully saturated rings. The quantitative estimate of drug-likeness (QED) is 0.578. The number of rotatable bonds is 8. The number of nitrogens with zero attached hydrogens (tertiary/aromatic N) is 2. The van der Waals surface area contributed by atoms with E-state index < -0.39 is 0 Å². The van der Waals surface area contributed by atoms with Gasteiger partial charge in [-0.3, -0.25) is 0 Å². The first-order chi connectivity index (χ1) is 11.3. The van der Waals surface area contributed by atoms with Gasteiger partial charge in [0.15, 0.2) is 5.96 Å². The van der Waals surface area contributed by atoms with Crippen LogP contribution in [-0.2, 0) is 13.0 Å². The molecule has 6 nitrogen and oxygen atoms in total. The van der Waals surface area contributed by atoms with Crippen molar-refractivity contribution in [2.45, 2.75) is 26.8 Å². The second-order valence-corrected chi connectivity index (χ2v) is 4.85. The molecule has 0 aliphatic carbocycles. The van der Waals surface area contributed by atoms with Crippen LogP contribution in [-0.4, -0.2) is 30.6 Å². The van der Waals surface area contributed by atoms with Crippen molar-refractivity contribution >= 4 is 5.96 Å². The largest absolute Gasteiger partial charge is 0.478 e. The Labute approximate surface area is 137 Å². The van der Waals surface area contributed by atoms with Crippen LogP contribution in [0.1, 0.15) is 25.2 Å². The molecule has 0 aliphatic rings. The van der Waals surface area contributed by atoms with Gasteiger partial charge in [0.25, 0.3) is 0 Å². The lowest BCUT2D eigenvalue weighted by molar-refractivity contribution is 0.323. The van der Waals surface area contributed by atoms with Crippen molar-refractivity contribution in [1.82, 2.24) is 15.6 Å². The highest BCUT2D eigenvalue weighted by Crippen LogP contribution is 2.15. The lowest BCUT2D eigenvalue weighted by atomic mass is 10.3. The minimum atomic E-state index is 0.513. The number of pyridine rings is 1. The van der Waals surface area contributed by atoms with Crippen molar-refractivity contribution < 1.29 is 9.15 Å². The molecule has 0 unspecified atom stereocenters. The SMILES string of the molecule is CCNC(=NCc1cccnc1OCC)NCCc1ccco1. The lowest BCUT2D eigenvalue weighted by Gasteiger charge is -2.11. The molecule has 0 saturated heterocycles. The number of guanidine groups is 1. The topological polar surface area (TPSA) is 71.7 Å². The fourth-order valence-electron chi connectivity index (χ4n) is 2.08. The maximum Gasteiger partial charge on any atom is 0.218 e. The van der Waals surface area contributed by atoms with E-state index in [2.05, 4.69) is 20.6 Å². The molecule has 0 atom stereocenters. The number of aliphatic imine (C=N–C) groups is 1. The molecule has 0 spiro atoms. The average Bonchev–Trinajstić information content (AvgIpc) is 3.07. The van der Waals surface area contributed by atoms with Crippen LogP contribution < -0.4 is 15.4 Å². The van der Waals surface area contributed by atoms with Crippen molar-refractivity contribution in [1.29, 1.82) is 0 Å². The third kappa shape index (κ3) is 5.65. The zero-order valence-electron chi connectivity index (χ0n) is 13.7. The van der Waals surface area contributed by atoms with Gasteiger partial charge in [-0.15, -0.1) is 0 Å². The van der Waals surface area contributed by atoms with Crippen LogP contribution in [0.5, 0.6) is 5.88 Å². The number of hydrogen-bond acceptors (Lipinski definition) is 4. The Hall–Kier alpha value is -2.50. The Morgan fingerprint density at radius 2 is 2.17 bits per heavy atom. The highest BCUT2D eigenvalue weighted by molar-refractivity contribution is 5.79. The third-order valence-corrected chi connectivity index (χ3v) is 3.13. The first kappa shape index (κ1) is 16.9. The van der Waals surface area contributed by atoms with Gasteiger partial charge in [-0.05, 0) is 32.0 Å². The molecule has 6 heteroatoms. The number of aromatic nitrogens is 1. The molecule has 23 heavy (non-hydrogen) atoms. The van der Waals surface area contributed by atoms with Crippen LogP contribution in [0.4, 0.5) is 0 Å². The van der Waals surface area contributed by atoms with Crippen molar-refractivity contribution in [3.8, 4) is 5.88 Å². The van der Waals surface area contributed by atoms with E-state index in [1.54, 1.807) is 12.5 Å². The minimum Gasteiger partial charge on any atom is -0.478 e. The highest BCUT2D eigenvalue weighted by Gasteiger charge is 2.04. The molecule has 0 aliphatic heterocycles. The second-order valence-electron chi connectivity index (χ2n) is 4.85. The van der Waals surface area contributed by atoms with Gasteiger partial charge < -0.3 is 19.8 Å². The van der Waals surface area contributed by atoms with Crippen molar-refractivity contribution in [3.63, 3.8) is 0 Å². The standard InChI is InChI=1S/C17H24N4O2/c1-3-18-17(20-11-9-15-8-6-12-23-15)21-13-14-7-5-10-19-16(14)22-4-2/h5-8,10,12H,3-4,9,11,13H2,1-2H3,(H2,18,20,21). The van der Waals surface area contributed by atoms with E-state index >= 15 is 0 Å². The molecular weight excluding hydrogens is 292 g/mol. The Balaban J connectivity index is 1.92. The summed E-state index contributed by atoms with van der Waals surface area (Å²) in [6.07, 6.45) is 4.23. The summed E-state index contributed by atoms with van der Waals surface area (Å²) in [5, 5.41) is 6.53. The third-order valence-electron chi connectivity index (χ3n) is 3.13. The van der Waals surface area contributed by atoms with Gasteiger partial charge in [0.05, 0.1) is 19.4 Å². The zero-order chi connectivity index (χ0) is 16.3. The van der Waals surface area contributed by atoms with Crippen LogP contribution in [0, 0.1) is 0 Å². The average molecular weight is 316 g/mol. The second kappa shape index (κ2) is 9.50. The van der Waals surface area contributed by atoms with E-state index in [0.717, 1.165) is 36.8 Å². The summed E-state index contributed by atoms with van der Waals surface area (Å²) in [6, 6.07) is 7.74. The molecule has 2 heterocycles. The van der Waals surface area contributed by atoms with E-state index in [4.69, 9.17) is 9.15 Å². The first-order valence-corrected chi connectivity index (χ1v) is 7.94. The van der Waals surface area contributed by atoms with Crippen LogP contribution in [0.25, 0.3) is 0 Å². The molecule has 0 aromatic carbocycles. The molecular formula is C17H24N4O2. The molecule has 2 aromatic heterocycles. The van der Waals surface area contributed by atoms with E-state index in [-0.39, 0.29) is 0 Å². The van der Waals surface area contributed by atoms with Crippen LogP contribution in [0.15, 0.2) is 46.1 Å². The predicted molar refractivity (Wildman–Crippen MR) is 90.6 cm³/mol. The summed E-state index contributed by atoms with van der Waals surface area (Å²) >= 11 is 0. The summed E-state index contributed by atoms with van der Waals surface area (Å²) in [5.41, 5.74) is 0.970. The lowest BCUT2D eigenvalue weighted by Crippen LogP contribution is -2.38. The summed E-state index contributed by atoms with van der Waals surface area (Å²) in [7, 11) is 0. The van der Waals surface area contributed by atoms with Gasteiger partial charge in [-0.2, -0.15) is 0 Å². The summed E-state index contributed by atoms with van der Waals surface area (Å²) in [4.78, 5) is 8.83. The Bertz CT molecular complexity index is 596. The van der Waals surface area contributed by atoms with Gasteiger partial charge in [-0.25, -0.2) is 9.98 Å². The fraction of sp³-hybridized carbons (Fsp3) is 0.412. The van der Waals surface area contributed by atoms with Gasteiger partial charge in [0.2, 0.25) is 5.88 Å². The number of ether oxygens (including phenoxy) is 1. The smallest absolute Gasteiger partial charge is 0.218 e. The van der Waals surface area contributed by atoms with Crippen molar-refractivity contribution in [2.75, 3.05) is 19.7 Å². The normalized spacial score (nSPS) is 11.3.